The van der Waals surface area contributed by atoms with Gasteiger partial charge in [-0.1, -0.05) is 30.8 Å². The summed E-state index contributed by atoms with van der Waals surface area (Å²) in [7, 11) is 1.69. The van der Waals surface area contributed by atoms with Crippen molar-refractivity contribution in [3.63, 3.8) is 0 Å². The first-order chi connectivity index (χ1) is 13.2. The first kappa shape index (κ1) is 20.5. The Balaban J connectivity index is 1.90. The molecule has 0 bridgehead atoms. The van der Waals surface area contributed by atoms with Crippen LogP contribution in [0.2, 0.25) is 0 Å². The zero-order valence-corrected chi connectivity index (χ0v) is 18.3. The Bertz CT molecular complexity index is 948. The zero-order chi connectivity index (χ0) is 19.2. The van der Waals surface area contributed by atoms with Crippen molar-refractivity contribution < 1.29 is 4.74 Å². The van der Waals surface area contributed by atoms with Gasteiger partial charge in [0.1, 0.15) is 4.83 Å². The van der Waals surface area contributed by atoms with Gasteiger partial charge in [0, 0.05) is 35.8 Å². The molecule has 0 saturated carbocycles. The van der Waals surface area contributed by atoms with Crippen molar-refractivity contribution in [3.8, 4) is 0 Å². The standard InChI is InChI=1S/C20H24N2O2S3/c1-4-15-12-17-18(27-15)21-20(22(19(17)23)10-5-11-24-2)26-13-14-6-8-16(25-3)9-7-14/h6-9,12H,4-5,10-11,13H2,1-3H3. The first-order valence-corrected chi connectivity index (χ1v) is 12.0. The lowest BCUT2D eigenvalue weighted by atomic mass is 10.2. The van der Waals surface area contributed by atoms with Gasteiger partial charge in [-0.15, -0.1) is 23.1 Å². The van der Waals surface area contributed by atoms with Crippen molar-refractivity contribution in [3.05, 3.63) is 51.1 Å². The number of benzene rings is 1. The second kappa shape index (κ2) is 9.78. The van der Waals surface area contributed by atoms with Crippen LogP contribution in [-0.2, 0) is 23.5 Å². The van der Waals surface area contributed by atoms with E-state index in [1.54, 1.807) is 42.0 Å². The Morgan fingerprint density at radius 3 is 2.70 bits per heavy atom. The number of aryl methyl sites for hydroxylation is 1. The smallest absolute Gasteiger partial charge is 0.262 e. The maximum atomic E-state index is 13.0. The van der Waals surface area contributed by atoms with Crippen molar-refractivity contribution in [1.29, 1.82) is 0 Å². The van der Waals surface area contributed by atoms with Gasteiger partial charge in [-0.3, -0.25) is 9.36 Å². The van der Waals surface area contributed by atoms with Crippen LogP contribution < -0.4 is 5.56 Å². The lowest BCUT2D eigenvalue weighted by Crippen LogP contribution is -2.23. The van der Waals surface area contributed by atoms with Gasteiger partial charge < -0.3 is 4.74 Å². The third kappa shape index (κ3) is 4.96. The summed E-state index contributed by atoms with van der Waals surface area (Å²) in [5.41, 5.74) is 1.29. The summed E-state index contributed by atoms with van der Waals surface area (Å²) in [5, 5.41) is 1.53. The molecule has 3 rings (SSSR count). The largest absolute Gasteiger partial charge is 0.385 e. The fraction of sp³-hybridized carbons (Fsp3) is 0.400. The summed E-state index contributed by atoms with van der Waals surface area (Å²) < 4.78 is 6.97. The quantitative estimate of drug-likeness (QED) is 0.275. The molecule has 3 aromatic rings. The fourth-order valence-corrected chi connectivity index (χ4v) is 5.16. The summed E-state index contributed by atoms with van der Waals surface area (Å²) in [4.78, 5) is 21.2. The highest BCUT2D eigenvalue weighted by Gasteiger charge is 2.14. The van der Waals surface area contributed by atoms with Gasteiger partial charge in [0.2, 0.25) is 0 Å². The molecule has 27 heavy (non-hydrogen) atoms. The molecule has 2 aromatic heterocycles. The van der Waals surface area contributed by atoms with E-state index in [2.05, 4.69) is 37.4 Å². The minimum Gasteiger partial charge on any atom is -0.385 e. The molecule has 0 aliphatic rings. The third-order valence-corrected chi connectivity index (χ3v) is 7.24. The van der Waals surface area contributed by atoms with E-state index in [1.807, 2.05) is 10.6 Å². The molecule has 0 saturated heterocycles. The predicted molar refractivity (Wildman–Crippen MR) is 118 cm³/mol. The number of fused-ring (bicyclic) bond motifs is 1. The van der Waals surface area contributed by atoms with Gasteiger partial charge in [-0.25, -0.2) is 4.98 Å². The molecule has 0 fully saturated rings. The van der Waals surface area contributed by atoms with E-state index in [9.17, 15) is 4.79 Å². The maximum absolute atomic E-state index is 13.0. The van der Waals surface area contributed by atoms with E-state index in [0.29, 0.717) is 13.2 Å². The molecule has 0 unspecified atom stereocenters. The Morgan fingerprint density at radius 1 is 1.26 bits per heavy atom. The van der Waals surface area contributed by atoms with Gasteiger partial charge in [0.05, 0.1) is 5.39 Å². The molecular formula is C20H24N2O2S3. The van der Waals surface area contributed by atoms with E-state index in [1.165, 1.54) is 15.3 Å². The summed E-state index contributed by atoms with van der Waals surface area (Å²) in [6, 6.07) is 10.6. The van der Waals surface area contributed by atoms with Crippen molar-refractivity contribution in [1.82, 2.24) is 9.55 Å². The number of hydrogen-bond acceptors (Lipinski definition) is 6. The normalized spacial score (nSPS) is 11.4. The molecule has 0 aliphatic heterocycles. The average Bonchev–Trinajstić information content (AvgIpc) is 3.12. The van der Waals surface area contributed by atoms with Gasteiger partial charge in [0.15, 0.2) is 5.16 Å². The molecule has 144 valence electrons. The number of rotatable bonds is 9. The van der Waals surface area contributed by atoms with Crippen molar-refractivity contribution in [2.45, 2.75) is 42.1 Å². The molecule has 0 radical (unpaired) electrons. The topological polar surface area (TPSA) is 44.1 Å². The Labute approximate surface area is 172 Å². The highest BCUT2D eigenvalue weighted by atomic mass is 32.2. The van der Waals surface area contributed by atoms with Crippen LogP contribution in [-0.4, -0.2) is 29.5 Å². The van der Waals surface area contributed by atoms with Crippen molar-refractivity contribution in [2.24, 2.45) is 0 Å². The lowest BCUT2D eigenvalue weighted by molar-refractivity contribution is 0.189. The van der Waals surface area contributed by atoms with Crippen LogP contribution >= 0.6 is 34.9 Å². The molecule has 0 N–H and O–H groups in total. The van der Waals surface area contributed by atoms with Crippen molar-refractivity contribution >= 4 is 45.1 Å². The number of ether oxygens (including phenoxy) is 1. The average molecular weight is 421 g/mol. The van der Waals surface area contributed by atoms with Gasteiger partial charge in [0.25, 0.3) is 5.56 Å². The van der Waals surface area contributed by atoms with Gasteiger partial charge >= 0.3 is 0 Å². The van der Waals surface area contributed by atoms with E-state index in [0.717, 1.165) is 34.0 Å². The van der Waals surface area contributed by atoms with E-state index in [4.69, 9.17) is 9.72 Å². The molecule has 7 heteroatoms. The first-order valence-electron chi connectivity index (χ1n) is 8.94. The molecule has 2 heterocycles. The highest BCUT2D eigenvalue weighted by molar-refractivity contribution is 7.98. The zero-order valence-electron chi connectivity index (χ0n) is 15.9. The molecule has 1 aromatic carbocycles. The Kier molecular flexibility index (Phi) is 7.41. The highest BCUT2D eigenvalue weighted by Crippen LogP contribution is 2.27. The monoisotopic (exact) mass is 420 g/mol. The Morgan fingerprint density at radius 2 is 2.04 bits per heavy atom. The van der Waals surface area contributed by atoms with Crippen LogP contribution in [0.15, 0.2) is 45.2 Å². The molecule has 0 atom stereocenters. The summed E-state index contributed by atoms with van der Waals surface area (Å²) in [5.74, 6) is 0.795. The van der Waals surface area contributed by atoms with Crippen LogP contribution in [0.25, 0.3) is 10.2 Å². The number of methoxy groups -OCH3 is 1. The van der Waals surface area contributed by atoms with Crippen LogP contribution in [0.3, 0.4) is 0 Å². The van der Waals surface area contributed by atoms with E-state index >= 15 is 0 Å². The number of hydrogen-bond donors (Lipinski definition) is 0. The lowest BCUT2D eigenvalue weighted by Gasteiger charge is -2.12. The van der Waals surface area contributed by atoms with Gasteiger partial charge in [-0.2, -0.15) is 0 Å². The Hall–Kier alpha value is -1.28. The number of thioether (sulfide) groups is 2. The fourth-order valence-electron chi connectivity index (χ4n) is 2.77. The summed E-state index contributed by atoms with van der Waals surface area (Å²) in [6.07, 6.45) is 3.80. The SMILES string of the molecule is CCc1cc2c(=O)n(CCCOC)c(SCc3ccc(SC)cc3)nc2s1. The van der Waals surface area contributed by atoms with Crippen LogP contribution in [0.4, 0.5) is 0 Å². The number of aromatic nitrogens is 2. The van der Waals surface area contributed by atoms with Crippen LogP contribution in [0.1, 0.15) is 23.8 Å². The second-order valence-electron chi connectivity index (χ2n) is 6.12. The molecule has 4 nitrogen and oxygen atoms in total. The third-order valence-electron chi connectivity index (χ3n) is 4.27. The number of nitrogens with zero attached hydrogens (tertiary/aromatic N) is 2. The molecular weight excluding hydrogens is 396 g/mol. The van der Waals surface area contributed by atoms with Gasteiger partial charge in [-0.05, 0) is 42.9 Å². The van der Waals surface area contributed by atoms with Crippen LogP contribution in [0, 0.1) is 0 Å². The second-order valence-corrected chi connectivity index (χ2v) is 9.06. The van der Waals surface area contributed by atoms with Crippen LogP contribution in [0.5, 0.6) is 0 Å². The van der Waals surface area contributed by atoms with Crippen molar-refractivity contribution in [2.75, 3.05) is 20.0 Å². The summed E-state index contributed by atoms with van der Waals surface area (Å²) in [6.45, 7) is 3.37. The molecule has 0 spiro atoms. The van der Waals surface area contributed by atoms with E-state index in [-0.39, 0.29) is 5.56 Å². The maximum Gasteiger partial charge on any atom is 0.262 e. The van der Waals surface area contributed by atoms with E-state index < -0.39 is 0 Å². The molecule has 0 aliphatic carbocycles. The predicted octanol–water partition coefficient (Wildman–Crippen LogP) is 5.07. The minimum absolute atomic E-state index is 0.0623. The minimum atomic E-state index is 0.0623. The number of thiophene rings is 1. The summed E-state index contributed by atoms with van der Waals surface area (Å²) >= 11 is 4.99. The molecule has 0 amide bonds.